The van der Waals surface area contributed by atoms with Gasteiger partial charge in [0.1, 0.15) is 13.1 Å². The Morgan fingerprint density at radius 1 is 1.29 bits per heavy atom. The number of rotatable bonds is 5. The average Bonchev–Trinajstić information content (AvgIpc) is 3.16. The number of carbonyl (C=O) groups excluding carboxylic acids is 2. The number of hydrogen-bond acceptors (Lipinski definition) is 5. The molecule has 0 unspecified atom stereocenters. The lowest BCUT2D eigenvalue weighted by atomic mass is 10.1. The Bertz CT molecular complexity index is 1190. The summed E-state index contributed by atoms with van der Waals surface area (Å²) in [5, 5.41) is 10.2. The molecule has 0 spiro atoms. The predicted octanol–water partition coefficient (Wildman–Crippen LogP) is 2.65. The summed E-state index contributed by atoms with van der Waals surface area (Å²) in [6.45, 7) is 0.129. The van der Waals surface area contributed by atoms with Gasteiger partial charge in [-0.05, 0) is 24.6 Å². The van der Waals surface area contributed by atoms with E-state index in [2.05, 4.69) is 15.4 Å². The Labute approximate surface area is 175 Å². The SMILES string of the molecule is Cc1nn(C)c2ncc(Nc3cccc4c3C(=O)N(CC(=O)NCC(F)(F)F)C4)cc12. The van der Waals surface area contributed by atoms with E-state index < -0.39 is 31.1 Å². The number of pyridine rings is 1. The molecule has 0 atom stereocenters. The molecule has 0 saturated heterocycles. The van der Waals surface area contributed by atoms with Crippen molar-refractivity contribution in [2.24, 2.45) is 7.05 Å². The molecule has 2 N–H and O–H groups in total. The van der Waals surface area contributed by atoms with Crippen molar-refractivity contribution in [1.82, 2.24) is 25.0 Å². The minimum atomic E-state index is -4.51. The molecule has 1 aromatic carbocycles. The first-order valence-electron chi connectivity index (χ1n) is 9.43. The topological polar surface area (TPSA) is 92.2 Å². The number of anilines is 2. The van der Waals surface area contributed by atoms with E-state index in [9.17, 15) is 22.8 Å². The first-order chi connectivity index (χ1) is 14.6. The van der Waals surface area contributed by atoms with Crippen LogP contribution in [0.5, 0.6) is 0 Å². The van der Waals surface area contributed by atoms with E-state index in [4.69, 9.17) is 0 Å². The number of benzene rings is 1. The van der Waals surface area contributed by atoms with Crippen LogP contribution in [0.15, 0.2) is 30.5 Å². The van der Waals surface area contributed by atoms with Gasteiger partial charge >= 0.3 is 6.18 Å². The van der Waals surface area contributed by atoms with Gasteiger partial charge in [-0.2, -0.15) is 18.3 Å². The molecule has 0 saturated carbocycles. The van der Waals surface area contributed by atoms with Crippen molar-refractivity contribution in [3.63, 3.8) is 0 Å². The second kappa shape index (κ2) is 7.56. The van der Waals surface area contributed by atoms with E-state index >= 15 is 0 Å². The van der Waals surface area contributed by atoms with E-state index in [-0.39, 0.29) is 6.54 Å². The zero-order chi connectivity index (χ0) is 22.3. The number of alkyl halides is 3. The van der Waals surface area contributed by atoms with Crippen LogP contribution in [-0.4, -0.2) is 50.7 Å². The van der Waals surface area contributed by atoms with Crippen molar-refractivity contribution in [1.29, 1.82) is 0 Å². The fourth-order valence-corrected chi connectivity index (χ4v) is 3.61. The van der Waals surface area contributed by atoms with Crippen molar-refractivity contribution >= 4 is 34.2 Å². The van der Waals surface area contributed by atoms with Gasteiger partial charge in [-0.1, -0.05) is 12.1 Å². The Hall–Kier alpha value is -3.63. The highest BCUT2D eigenvalue weighted by Crippen LogP contribution is 2.32. The zero-order valence-electron chi connectivity index (χ0n) is 16.7. The van der Waals surface area contributed by atoms with Crippen LogP contribution in [0.2, 0.25) is 0 Å². The van der Waals surface area contributed by atoms with Crippen molar-refractivity contribution in [2.45, 2.75) is 19.6 Å². The smallest absolute Gasteiger partial charge is 0.354 e. The fraction of sp³-hybridized carbons (Fsp3) is 0.300. The maximum atomic E-state index is 12.9. The normalized spacial score (nSPS) is 13.6. The number of hydrogen-bond donors (Lipinski definition) is 2. The molecule has 162 valence electrons. The minimum absolute atomic E-state index is 0.141. The summed E-state index contributed by atoms with van der Waals surface area (Å²) in [7, 11) is 1.80. The number of nitrogens with one attached hydrogen (secondary N) is 2. The van der Waals surface area contributed by atoms with Crippen LogP contribution >= 0.6 is 0 Å². The van der Waals surface area contributed by atoms with Crippen LogP contribution in [0.4, 0.5) is 24.5 Å². The molecule has 0 bridgehead atoms. The second-order valence-corrected chi connectivity index (χ2v) is 7.32. The van der Waals surface area contributed by atoms with Gasteiger partial charge in [-0.15, -0.1) is 0 Å². The third-order valence-electron chi connectivity index (χ3n) is 4.98. The largest absolute Gasteiger partial charge is 0.405 e. The molecule has 31 heavy (non-hydrogen) atoms. The zero-order valence-corrected chi connectivity index (χ0v) is 16.7. The number of carbonyl (C=O) groups is 2. The second-order valence-electron chi connectivity index (χ2n) is 7.32. The van der Waals surface area contributed by atoms with Crippen LogP contribution in [0, 0.1) is 6.92 Å². The quantitative estimate of drug-likeness (QED) is 0.647. The van der Waals surface area contributed by atoms with E-state index in [1.807, 2.05) is 13.0 Å². The summed E-state index contributed by atoms with van der Waals surface area (Å²) in [5.41, 5.74) is 3.81. The van der Waals surface area contributed by atoms with Crippen molar-refractivity contribution in [3.05, 3.63) is 47.3 Å². The standard InChI is InChI=1S/C20H19F3N6O2/c1-11-14-6-13(7-24-18(14)28(2)27-11)26-15-5-3-4-12-8-29(19(31)17(12)15)9-16(30)25-10-20(21,22)23/h3-7,26H,8-10H2,1-2H3,(H,25,30). The van der Waals surface area contributed by atoms with E-state index in [0.29, 0.717) is 22.5 Å². The Morgan fingerprint density at radius 3 is 2.81 bits per heavy atom. The molecule has 4 rings (SSSR count). The molecule has 0 fully saturated rings. The van der Waals surface area contributed by atoms with Crippen LogP contribution in [-0.2, 0) is 18.4 Å². The lowest BCUT2D eigenvalue weighted by Crippen LogP contribution is -2.41. The molecular weight excluding hydrogens is 413 g/mol. The highest BCUT2D eigenvalue weighted by molar-refractivity contribution is 6.05. The minimum Gasteiger partial charge on any atom is -0.354 e. The number of fused-ring (bicyclic) bond motifs is 2. The molecule has 0 radical (unpaired) electrons. The monoisotopic (exact) mass is 432 g/mol. The van der Waals surface area contributed by atoms with Gasteiger partial charge < -0.3 is 15.5 Å². The number of nitrogens with zero attached hydrogens (tertiary/aromatic N) is 4. The summed E-state index contributed by atoms with van der Waals surface area (Å²) in [4.78, 5) is 30.3. The molecule has 11 heteroatoms. The number of amides is 2. The van der Waals surface area contributed by atoms with E-state index in [1.54, 1.807) is 41.4 Å². The molecule has 3 heterocycles. The number of halogens is 3. The molecule has 0 aliphatic carbocycles. The first kappa shape index (κ1) is 20.6. The maximum Gasteiger partial charge on any atom is 0.405 e. The van der Waals surface area contributed by atoms with Gasteiger partial charge in [0.2, 0.25) is 5.91 Å². The van der Waals surface area contributed by atoms with Crippen molar-refractivity contribution in [3.8, 4) is 0 Å². The molecule has 1 aliphatic rings. The average molecular weight is 432 g/mol. The van der Waals surface area contributed by atoms with Crippen LogP contribution in [0.3, 0.4) is 0 Å². The summed E-state index contributed by atoms with van der Waals surface area (Å²) in [6, 6.07) is 7.12. The molecular formula is C20H19F3N6O2. The third-order valence-corrected chi connectivity index (χ3v) is 4.98. The van der Waals surface area contributed by atoms with Gasteiger partial charge in [0.25, 0.3) is 5.91 Å². The fourth-order valence-electron chi connectivity index (χ4n) is 3.61. The van der Waals surface area contributed by atoms with Gasteiger partial charge in [-0.25, -0.2) is 4.98 Å². The highest BCUT2D eigenvalue weighted by Gasteiger charge is 2.33. The summed E-state index contributed by atoms with van der Waals surface area (Å²) in [5.74, 6) is -1.29. The van der Waals surface area contributed by atoms with E-state index in [1.165, 1.54) is 4.90 Å². The van der Waals surface area contributed by atoms with Crippen molar-refractivity contribution in [2.75, 3.05) is 18.4 Å². The van der Waals surface area contributed by atoms with Gasteiger partial charge in [0, 0.05) is 19.0 Å². The van der Waals surface area contributed by atoms with Crippen LogP contribution < -0.4 is 10.6 Å². The maximum absolute atomic E-state index is 12.9. The van der Waals surface area contributed by atoms with Gasteiger partial charge in [-0.3, -0.25) is 14.3 Å². The molecule has 2 amide bonds. The molecule has 3 aromatic rings. The lowest BCUT2D eigenvalue weighted by molar-refractivity contribution is -0.138. The van der Waals surface area contributed by atoms with E-state index in [0.717, 1.165) is 16.7 Å². The highest BCUT2D eigenvalue weighted by atomic mass is 19.4. The molecule has 8 nitrogen and oxygen atoms in total. The van der Waals surface area contributed by atoms with Crippen LogP contribution in [0.1, 0.15) is 21.6 Å². The lowest BCUT2D eigenvalue weighted by Gasteiger charge is -2.16. The number of aromatic nitrogens is 3. The number of aryl methyl sites for hydroxylation is 2. The first-order valence-corrected chi connectivity index (χ1v) is 9.43. The predicted molar refractivity (Wildman–Crippen MR) is 107 cm³/mol. The Morgan fingerprint density at radius 2 is 2.06 bits per heavy atom. The van der Waals surface area contributed by atoms with Crippen molar-refractivity contribution < 1.29 is 22.8 Å². The van der Waals surface area contributed by atoms with Gasteiger partial charge in [0.05, 0.1) is 28.8 Å². The Kier molecular flexibility index (Phi) is 5.03. The van der Waals surface area contributed by atoms with Crippen LogP contribution in [0.25, 0.3) is 11.0 Å². The molecule has 1 aliphatic heterocycles. The molecule has 2 aromatic heterocycles. The summed E-state index contributed by atoms with van der Waals surface area (Å²) in [6.07, 6.45) is -2.88. The summed E-state index contributed by atoms with van der Waals surface area (Å²) >= 11 is 0. The summed E-state index contributed by atoms with van der Waals surface area (Å²) < 4.78 is 38.6. The Balaban J connectivity index is 1.53. The van der Waals surface area contributed by atoms with Gasteiger partial charge in [0.15, 0.2) is 5.65 Å². The third kappa shape index (κ3) is 4.16.